The van der Waals surface area contributed by atoms with Crippen LogP contribution in [0, 0.1) is 26.2 Å². The molecule has 18 heavy (non-hydrogen) atoms. The summed E-state index contributed by atoms with van der Waals surface area (Å²) in [6.07, 6.45) is 0.438. The van der Waals surface area contributed by atoms with Crippen molar-refractivity contribution in [3.05, 3.63) is 34.4 Å². The van der Waals surface area contributed by atoms with Gasteiger partial charge in [0.25, 0.3) is 0 Å². The Morgan fingerprint density at radius 2 is 1.72 bits per heavy atom. The molecule has 3 nitrogen and oxygen atoms in total. The second-order valence-corrected chi connectivity index (χ2v) is 5.81. The molecule has 1 rings (SSSR count). The SMILES string of the molecule is Cc1cc(C)c(C(N)CC(C)(C)C(=O)O)c(C)c1. The van der Waals surface area contributed by atoms with Gasteiger partial charge in [0.05, 0.1) is 5.41 Å². The predicted molar refractivity (Wildman–Crippen MR) is 73.6 cm³/mol. The van der Waals surface area contributed by atoms with Crippen LogP contribution in [0.25, 0.3) is 0 Å². The number of carbonyl (C=O) groups is 1. The molecule has 0 spiro atoms. The van der Waals surface area contributed by atoms with Crippen molar-refractivity contribution < 1.29 is 9.90 Å². The Morgan fingerprint density at radius 1 is 1.28 bits per heavy atom. The third-order valence-electron chi connectivity index (χ3n) is 3.42. The Kier molecular flexibility index (Phi) is 4.17. The topological polar surface area (TPSA) is 63.3 Å². The van der Waals surface area contributed by atoms with E-state index in [9.17, 15) is 4.79 Å². The number of rotatable bonds is 4. The minimum Gasteiger partial charge on any atom is -0.481 e. The third kappa shape index (κ3) is 3.10. The summed E-state index contributed by atoms with van der Waals surface area (Å²) in [5, 5.41) is 9.16. The lowest BCUT2D eigenvalue weighted by Gasteiger charge is -2.26. The highest BCUT2D eigenvalue weighted by molar-refractivity contribution is 5.73. The summed E-state index contributed by atoms with van der Waals surface area (Å²) in [7, 11) is 0. The summed E-state index contributed by atoms with van der Waals surface area (Å²) in [5.74, 6) is -0.805. The average Bonchev–Trinajstić information content (AvgIpc) is 2.13. The highest BCUT2D eigenvalue weighted by Gasteiger charge is 2.30. The second-order valence-electron chi connectivity index (χ2n) is 5.81. The van der Waals surface area contributed by atoms with E-state index in [1.54, 1.807) is 13.8 Å². The summed E-state index contributed by atoms with van der Waals surface area (Å²) in [4.78, 5) is 11.2. The molecule has 0 radical (unpaired) electrons. The Hall–Kier alpha value is -1.35. The van der Waals surface area contributed by atoms with E-state index in [0.29, 0.717) is 6.42 Å². The minimum absolute atomic E-state index is 0.239. The fourth-order valence-corrected chi connectivity index (χ4v) is 2.52. The zero-order valence-corrected chi connectivity index (χ0v) is 11.9. The number of aryl methyl sites for hydroxylation is 3. The minimum atomic E-state index is -0.805. The van der Waals surface area contributed by atoms with Crippen LogP contribution >= 0.6 is 0 Å². The number of carboxylic acid groups (broad SMARTS) is 1. The van der Waals surface area contributed by atoms with Crippen molar-refractivity contribution in [3.63, 3.8) is 0 Å². The van der Waals surface area contributed by atoms with E-state index < -0.39 is 11.4 Å². The average molecular weight is 249 g/mol. The fraction of sp³-hybridized carbons (Fsp3) is 0.533. The molecule has 3 N–H and O–H groups in total. The summed E-state index contributed by atoms with van der Waals surface area (Å²) in [6.45, 7) is 9.55. The molecule has 1 aromatic rings. The van der Waals surface area contributed by atoms with E-state index in [0.717, 1.165) is 16.7 Å². The number of benzene rings is 1. The summed E-state index contributed by atoms with van der Waals surface area (Å²) in [5.41, 5.74) is 9.97. The van der Waals surface area contributed by atoms with Gasteiger partial charge in [-0.15, -0.1) is 0 Å². The first-order chi connectivity index (χ1) is 8.15. The highest BCUT2D eigenvalue weighted by atomic mass is 16.4. The molecule has 0 aliphatic carbocycles. The number of nitrogens with two attached hydrogens (primary N) is 1. The third-order valence-corrected chi connectivity index (χ3v) is 3.42. The molecule has 1 aromatic carbocycles. The van der Waals surface area contributed by atoms with Crippen LogP contribution in [-0.2, 0) is 4.79 Å². The molecule has 0 heterocycles. The van der Waals surface area contributed by atoms with Crippen LogP contribution in [0.15, 0.2) is 12.1 Å². The standard InChI is InChI=1S/C15H23NO2/c1-9-6-10(2)13(11(3)7-9)12(16)8-15(4,5)14(17)18/h6-7,12H,8,16H2,1-5H3,(H,17,18). The first-order valence-corrected chi connectivity index (χ1v) is 6.22. The monoisotopic (exact) mass is 249 g/mol. The van der Waals surface area contributed by atoms with Gasteiger partial charge in [0.2, 0.25) is 0 Å². The van der Waals surface area contributed by atoms with Gasteiger partial charge in [-0.2, -0.15) is 0 Å². The molecule has 0 saturated carbocycles. The van der Waals surface area contributed by atoms with Gasteiger partial charge in [0, 0.05) is 6.04 Å². The van der Waals surface area contributed by atoms with Gasteiger partial charge in [0.15, 0.2) is 0 Å². The van der Waals surface area contributed by atoms with Gasteiger partial charge in [-0.05, 0) is 57.7 Å². The lowest BCUT2D eigenvalue weighted by atomic mass is 9.81. The van der Waals surface area contributed by atoms with Crippen LogP contribution in [0.2, 0.25) is 0 Å². The fourth-order valence-electron chi connectivity index (χ4n) is 2.52. The van der Waals surface area contributed by atoms with Crippen molar-refractivity contribution in [2.45, 2.75) is 47.1 Å². The Bertz CT molecular complexity index is 441. The quantitative estimate of drug-likeness (QED) is 0.861. The number of carboxylic acids is 1. The first kappa shape index (κ1) is 14.7. The molecule has 3 heteroatoms. The maximum absolute atomic E-state index is 11.2. The zero-order chi connectivity index (χ0) is 14.1. The molecule has 1 atom stereocenters. The number of hydrogen-bond donors (Lipinski definition) is 2. The van der Waals surface area contributed by atoms with Crippen molar-refractivity contribution in [2.24, 2.45) is 11.1 Å². The molecule has 1 unspecified atom stereocenters. The predicted octanol–water partition coefficient (Wildman–Crippen LogP) is 3.11. The molecular formula is C15H23NO2. The van der Waals surface area contributed by atoms with Crippen molar-refractivity contribution >= 4 is 5.97 Å². The van der Waals surface area contributed by atoms with E-state index in [1.807, 2.05) is 13.8 Å². The van der Waals surface area contributed by atoms with E-state index >= 15 is 0 Å². The maximum atomic E-state index is 11.2. The summed E-state index contributed by atoms with van der Waals surface area (Å²) < 4.78 is 0. The van der Waals surface area contributed by atoms with Crippen LogP contribution < -0.4 is 5.73 Å². The molecule has 0 fully saturated rings. The Balaban J connectivity index is 3.05. The van der Waals surface area contributed by atoms with Crippen molar-refractivity contribution in [3.8, 4) is 0 Å². The molecule has 0 bridgehead atoms. The van der Waals surface area contributed by atoms with Gasteiger partial charge in [-0.25, -0.2) is 0 Å². The molecule has 0 saturated heterocycles. The number of aliphatic carboxylic acids is 1. The van der Waals surface area contributed by atoms with Gasteiger partial charge < -0.3 is 10.8 Å². The number of hydrogen-bond acceptors (Lipinski definition) is 2. The Labute approximate surface area is 109 Å². The first-order valence-electron chi connectivity index (χ1n) is 6.22. The van der Waals surface area contributed by atoms with E-state index in [4.69, 9.17) is 10.8 Å². The van der Waals surface area contributed by atoms with Crippen LogP contribution in [0.5, 0.6) is 0 Å². The van der Waals surface area contributed by atoms with E-state index in [-0.39, 0.29) is 6.04 Å². The lowest BCUT2D eigenvalue weighted by molar-refractivity contribution is -0.147. The molecule has 0 aliphatic rings. The molecule has 0 aromatic heterocycles. The van der Waals surface area contributed by atoms with Crippen LogP contribution in [0.1, 0.15) is 48.6 Å². The maximum Gasteiger partial charge on any atom is 0.309 e. The van der Waals surface area contributed by atoms with Crippen molar-refractivity contribution in [1.82, 2.24) is 0 Å². The normalized spacial score (nSPS) is 13.4. The van der Waals surface area contributed by atoms with Gasteiger partial charge in [-0.1, -0.05) is 17.7 Å². The van der Waals surface area contributed by atoms with Gasteiger partial charge in [0.1, 0.15) is 0 Å². The second kappa shape index (κ2) is 5.11. The Morgan fingerprint density at radius 3 is 2.11 bits per heavy atom. The van der Waals surface area contributed by atoms with E-state index in [1.165, 1.54) is 5.56 Å². The molecule has 0 aliphatic heterocycles. The van der Waals surface area contributed by atoms with Crippen LogP contribution in [0.3, 0.4) is 0 Å². The molecule has 100 valence electrons. The highest BCUT2D eigenvalue weighted by Crippen LogP contribution is 2.32. The van der Waals surface area contributed by atoms with Crippen molar-refractivity contribution in [1.29, 1.82) is 0 Å². The summed E-state index contributed by atoms with van der Waals surface area (Å²) in [6, 6.07) is 3.95. The van der Waals surface area contributed by atoms with Gasteiger partial charge in [-0.3, -0.25) is 4.79 Å². The van der Waals surface area contributed by atoms with Crippen LogP contribution in [-0.4, -0.2) is 11.1 Å². The lowest BCUT2D eigenvalue weighted by Crippen LogP contribution is -2.29. The summed E-state index contributed by atoms with van der Waals surface area (Å²) >= 11 is 0. The van der Waals surface area contributed by atoms with E-state index in [2.05, 4.69) is 19.1 Å². The zero-order valence-electron chi connectivity index (χ0n) is 11.9. The largest absolute Gasteiger partial charge is 0.481 e. The van der Waals surface area contributed by atoms with Crippen molar-refractivity contribution in [2.75, 3.05) is 0 Å². The molecular weight excluding hydrogens is 226 g/mol. The molecule has 0 amide bonds. The van der Waals surface area contributed by atoms with Gasteiger partial charge >= 0.3 is 5.97 Å². The van der Waals surface area contributed by atoms with Crippen LogP contribution in [0.4, 0.5) is 0 Å². The smallest absolute Gasteiger partial charge is 0.309 e.